The normalized spacial score (nSPS) is 14.3. The Kier molecular flexibility index (Phi) is 7.49. The summed E-state index contributed by atoms with van der Waals surface area (Å²) in [6.07, 6.45) is 2.00. The molecule has 0 aliphatic carbocycles. The molecule has 1 heterocycles. The van der Waals surface area contributed by atoms with Crippen LogP contribution in [-0.2, 0) is 33.4 Å². The largest absolute Gasteiger partial charge is 0.459 e. The lowest BCUT2D eigenvalue weighted by molar-refractivity contribution is -0.164. The summed E-state index contributed by atoms with van der Waals surface area (Å²) in [7, 11) is 0. The standard InChI is InChI=1S/C19H28N2O7/c1-18(2,3)27-16(25)11-20(12-17(26)28-19(4,5)6)13(22)9-10-21-14(23)7-8-15(21)24/h7-8H,9-12H2,1-6H3. The van der Waals surface area contributed by atoms with Gasteiger partial charge in [0.05, 0.1) is 0 Å². The van der Waals surface area contributed by atoms with Gasteiger partial charge in [-0.25, -0.2) is 0 Å². The van der Waals surface area contributed by atoms with Gasteiger partial charge in [-0.05, 0) is 41.5 Å². The molecule has 0 atom stereocenters. The van der Waals surface area contributed by atoms with Crippen molar-refractivity contribution >= 4 is 29.7 Å². The van der Waals surface area contributed by atoms with Crippen LogP contribution in [0.25, 0.3) is 0 Å². The van der Waals surface area contributed by atoms with Crippen molar-refractivity contribution in [1.29, 1.82) is 0 Å². The van der Waals surface area contributed by atoms with E-state index < -0.39 is 54.0 Å². The molecule has 0 aromatic rings. The molecule has 0 spiro atoms. The molecule has 156 valence electrons. The summed E-state index contributed by atoms with van der Waals surface area (Å²) in [4.78, 5) is 61.8. The van der Waals surface area contributed by atoms with E-state index in [0.29, 0.717) is 0 Å². The van der Waals surface area contributed by atoms with Crippen molar-refractivity contribution in [2.75, 3.05) is 19.6 Å². The van der Waals surface area contributed by atoms with Gasteiger partial charge in [-0.2, -0.15) is 0 Å². The maximum atomic E-state index is 12.6. The van der Waals surface area contributed by atoms with Gasteiger partial charge >= 0.3 is 11.9 Å². The summed E-state index contributed by atoms with van der Waals surface area (Å²) in [5.41, 5.74) is -1.50. The molecule has 9 heteroatoms. The average molecular weight is 396 g/mol. The molecule has 9 nitrogen and oxygen atoms in total. The Bertz CT molecular complexity index is 635. The number of hydrogen-bond acceptors (Lipinski definition) is 7. The van der Waals surface area contributed by atoms with E-state index in [2.05, 4.69) is 0 Å². The van der Waals surface area contributed by atoms with E-state index in [9.17, 15) is 24.0 Å². The summed E-state index contributed by atoms with van der Waals surface area (Å²) < 4.78 is 10.4. The van der Waals surface area contributed by atoms with Gasteiger partial charge < -0.3 is 14.4 Å². The molecule has 0 fully saturated rings. The summed E-state index contributed by atoms with van der Waals surface area (Å²) in [6.45, 7) is 9.05. The molecule has 0 saturated heterocycles. The SMILES string of the molecule is CC(C)(C)OC(=O)CN(CC(=O)OC(C)(C)C)C(=O)CCN1C(=O)C=CC1=O. The Balaban J connectivity index is 2.78. The molecular weight excluding hydrogens is 368 g/mol. The topological polar surface area (TPSA) is 110 Å². The fourth-order valence-corrected chi connectivity index (χ4v) is 2.31. The number of carbonyl (C=O) groups excluding carboxylic acids is 5. The molecule has 1 rings (SSSR count). The summed E-state index contributed by atoms with van der Waals surface area (Å²) in [5.74, 6) is -2.96. The van der Waals surface area contributed by atoms with Crippen LogP contribution < -0.4 is 0 Å². The maximum absolute atomic E-state index is 12.6. The minimum Gasteiger partial charge on any atom is -0.459 e. The number of imide groups is 1. The highest BCUT2D eigenvalue weighted by Crippen LogP contribution is 2.11. The average Bonchev–Trinajstić information content (AvgIpc) is 2.79. The molecule has 1 aliphatic rings. The molecule has 1 aliphatic heterocycles. The minimum atomic E-state index is -0.752. The molecule has 0 aromatic carbocycles. The van der Waals surface area contributed by atoms with Crippen LogP contribution in [0, 0.1) is 0 Å². The third-order valence-corrected chi connectivity index (χ3v) is 3.28. The number of rotatable bonds is 7. The van der Waals surface area contributed by atoms with Crippen LogP contribution in [0.15, 0.2) is 12.2 Å². The highest BCUT2D eigenvalue weighted by atomic mass is 16.6. The zero-order valence-electron chi connectivity index (χ0n) is 17.2. The van der Waals surface area contributed by atoms with Crippen molar-refractivity contribution < 1.29 is 33.4 Å². The molecule has 3 amide bonds. The second kappa shape index (κ2) is 8.99. The fourth-order valence-electron chi connectivity index (χ4n) is 2.31. The quantitative estimate of drug-likeness (QED) is 0.463. The number of hydrogen-bond donors (Lipinski definition) is 0. The van der Waals surface area contributed by atoms with Crippen molar-refractivity contribution in [1.82, 2.24) is 9.80 Å². The van der Waals surface area contributed by atoms with Gasteiger partial charge in [0.25, 0.3) is 11.8 Å². The van der Waals surface area contributed by atoms with Crippen LogP contribution in [0.5, 0.6) is 0 Å². The molecule has 0 unspecified atom stereocenters. The third-order valence-electron chi connectivity index (χ3n) is 3.28. The first kappa shape index (κ1) is 23.3. The van der Waals surface area contributed by atoms with E-state index in [1.807, 2.05) is 0 Å². The second-order valence-electron chi connectivity index (χ2n) is 8.33. The van der Waals surface area contributed by atoms with E-state index >= 15 is 0 Å². The van der Waals surface area contributed by atoms with Crippen LogP contribution in [0.2, 0.25) is 0 Å². The predicted octanol–water partition coefficient (Wildman–Crippen LogP) is 0.814. The molecule has 0 saturated carbocycles. The first-order valence-electron chi connectivity index (χ1n) is 8.93. The molecule has 0 bridgehead atoms. The lowest BCUT2D eigenvalue weighted by Gasteiger charge is -2.27. The van der Waals surface area contributed by atoms with Crippen molar-refractivity contribution in [3.05, 3.63) is 12.2 Å². The van der Waals surface area contributed by atoms with Crippen LogP contribution in [-0.4, -0.2) is 70.3 Å². The van der Waals surface area contributed by atoms with Gasteiger partial charge in [0.15, 0.2) is 0 Å². The lowest BCUT2D eigenvalue weighted by Crippen LogP contribution is -2.44. The van der Waals surface area contributed by atoms with E-state index in [4.69, 9.17) is 9.47 Å². The monoisotopic (exact) mass is 396 g/mol. The Morgan fingerprint density at radius 3 is 1.61 bits per heavy atom. The van der Waals surface area contributed by atoms with E-state index in [0.717, 1.165) is 22.0 Å². The van der Waals surface area contributed by atoms with E-state index in [1.54, 1.807) is 41.5 Å². The van der Waals surface area contributed by atoms with Gasteiger partial charge in [0, 0.05) is 25.1 Å². The van der Waals surface area contributed by atoms with Crippen LogP contribution in [0.4, 0.5) is 0 Å². The second-order valence-corrected chi connectivity index (χ2v) is 8.33. The lowest BCUT2D eigenvalue weighted by atomic mass is 10.2. The van der Waals surface area contributed by atoms with E-state index in [1.165, 1.54) is 0 Å². The van der Waals surface area contributed by atoms with Gasteiger partial charge in [0.1, 0.15) is 24.3 Å². The number of carbonyl (C=O) groups is 5. The summed E-state index contributed by atoms with van der Waals surface area (Å²) in [6, 6.07) is 0. The Hall–Kier alpha value is -2.71. The van der Waals surface area contributed by atoms with Crippen molar-refractivity contribution in [3.8, 4) is 0 Å². The Labute approximate surface area is 164 Å². The minimum absolute atomic E-state index is 0.150. The zero-order valence-corrected chi connectivity index (χ0v) is 17.2. The molecule has 0 radical (unpaired) electrons. The molecule has 0 aromatic heterocycles. The van der Waals surface area contributed by atoms with Crippen LogP contribution in [0.3, 0.4) is 0 Å². The predicted molar refractivity (Wildman–Crippen MR) is 98.7 cm³/mol. The maximum Gasteiger partial charge on any atom is 0.326 e. The first-order chi connectivity index (χ1) is 12.7. The van der Waals surface area contributed by atoms with Gasteiger partial charge in [0.2, 0.25) is 5.91 Å². The van der Waals surface area contributed by atoms with Crippen molar-refractivity contribution in [3.63, 3.8) is 0 Å². The highest BCUT2D eigenvalue weighted by Gasteiger charge is 2.28. The summed E-state index contributed by atoms with van der Waals surface area (Å²) in [5, 5.41) is 0. The smallest absolute Gasteiger partial charge is 0.326 e. The van der Waals surface area contributed by atoms with Crippen LogP contribution >= 0.6 is 0 Å². The number of amides is 3. The van der Waals surface area contributed by atoms with E-state index in [-0.39, 0.29) is 13.0 Å². The van der Waals surface area contributed by atoms with Gasteiger partial charge in [-0.1, -0.05) is 0 Å². The molecular formula is C19H28N2O7. The molecule has 0 N–H and O–H groups in total. The third kappa shape index (κ3) is 8.32. The van der Waals surface area contributed by atoms with Gasteiger partial charge in [-0.15, -0.1) is 0 Å². The van der Waals surface area contributed by atoms with Gasteiger partial charge in [-0.3, -0.25) is 28.9 Å². The molecule has 28 heavy (non-hydrogen) atoms. The first-order valence-corrected chi connectivity index (χ1v) is 8.93. The zero-order chi connectivity index (χ0) is 21.7. The number of esters is 2. The summed E-state index contributed by atoms with van der Waals surface area (Å²) >= 11 is 0. The Morgan fingerprint density at radius 1 is 0.857 bits per heavy atom. The fraction of sp³-hybridized carbons (Fsp3) is 0.632. The number of ether oxygens (including phenoxy) is 2. The van der Waals surface area contributed by atoms with Crippen LogP contribution in [0.1, 0.15) is 48.0 Å². The van der Waals surface area contributed by atoms with Crippen molar-refractivity contribution in [2.24, 2.45) is 0 Å². The Morgan fingerprint density at radius 2 is 1.25 bits per heavy atom. The number of nitrogens with zero attached hydrogens (tertiary/aromatic N) is 2. The highest BCUT2D eigenvalue weighted by molar-refractivity contribution is 6.13. The van der Waals surface area contributed by atoms with Crippen molar-refractivity contribution in [2.45, 2.75) is 59.2 Å².